The van der Waals surface area contributed by atoms with Gasteiger partial charge in [-0.3, -0.25) is 4.79 Å². The van der Waals surface area contributed by atoms with E-state index < -0.39 is 6.29 Å². The number of ether oxygens (including phenoxy) is 1. The lowest BCUT2D eigenvalue weighted by atomic mass is 9.98. The molecule has 3 nitrogen and oxygen atoms in total. The van der Waals surface area contributed by atoms with Crippen molar-refractivity contribution >= 4 is 5.97 Å². The van der Waals surface area contributed by atoms with Gasteiger partial charge in [-0.15, -0.1) is 0 Å². The van der Waals surface area contributed by atoms with Crippen LogP contribution in [0.3, 0.4) is 0 Å². The van der Waals surface area contributed by atoms with Gasteiger partial charge in [0.05, 0.1) is 0 Å². The fourth-order valence-corrected chi connectivity index (χ4v) is 1.14. The molecule has 0 amide bonds. The smallest absolute Gasteiger partial charge is 0.308 e. The van der Waals surface area contributed by atoms with Gasteiger partial charge < -0.3 is 9.84 Å². The maximum absolute atomic E-state index is 10.6. The summed E-state index contributed by atoms with van der Waals surface area (Å²) in [6.07, 6.45) is 1.23. The van der Waals surface area contributed by atoms with E-state index in [1.54, 1.807) is 0 Å². The van der Waals surface area contributed by atoms with Gasteiger partial charge >= 0.3 is 5.97 Å². The summed E-state index contributed by atoms with van der Waals surface area (Å²) in [5, 5.41) is 9.10. The highest BCUT2D eigenvalue weighted by atomic mass is 16.6. The van der Waals surface area contributed by atoms with Crippen LogP contribution < -0.4 is 0 Å². The third kappa shape index (κ3) is 1.48. The number of carbonyl (C=O) groups excluding carboxylic acids is 1. The predicted octanol–water partition coefficient (Wildman–Crippen LogP) is 0.668. The summed E-state index contributed by atoms with van der Waals surface area (Å²) in [4.78, 5) is 10.6. The van der Waals surface area contributed by atoms with Crippen LogP contribution in [0.4, 0.5) is 0 Å². The number of esters is 1. The second kappa shape index (κ2) is 3.01. The van der Waals surface area contributed by atoms with Crippen molar-refractivity contribution in [2.45, 2.75) is 32.5 Å². The van der Waals surface area contributed by atoms with Gasteiger partial charge in [0.1, 0.15) is 0 Å². The molecule has 1 rings (SSSR count). The molecule has 0 spiro atoms. The van der Waals surface area contributed by atoms with Gasteiger partial charge in [-0.05, 0) is 12.8 Å². The minimum absolute atomic E-state index is 0.151. The summed E-state index contributed by atoms with van der Waals surface area (Å²) >= 11 is 0. The Morgan fingerprint density at radius 2 is 2.50 bits per heavy atom. The van der Waals surface area contributed by atoms with Crippen molar-refractivity contribution in [1.82, 2.24) is 0 Å². The van der Waals surface area contributed by atoms with Crippen molar-refractivity contribution in [2.75, 3.05) is 0 Å². The lowest BCUT2D eigenvalue weighted by Crippen LogP contribution is -2.31. The molecule has 0 aromatic carbocycles. The van der Waals surface area contributed by atoms with Crippen LogP contribution in [0.1, 0.15) is 26.2 Å². The Kier molecular flexibility index (Phi) is 2.27. The van der Waals surface area contributed by atoms with Crippen LogP contribution in [0.2, 0.25) is 0 Å². The van der Waals surface area contributed by atoms with Gasteiger partial charge in [-0.1, -0.05) is 6.92 Å². The summed E-state index contributed by atoms with van der Waals surface area (Å²) in [6.45, 7) is 1.98. The topological polar surface area (TPSA) is 46.5 Å². The van der Waals surface area contributed by atoms with Crippen molar-refractivity contribution in [3.63, 3.8) is 0 Å². The normalized spacial score (nSPS) is 33.6. The minimum Gasteiger partial charge on any atom is -0.436 e. The number of aliphatic hydroxyl groups is 1. The van der Waals surface area contributed by atoms with Crippen molar-refractivity contribution in [2.24, 2.45) is 5.92 Å². The van der Waals surface area contributed by atoms with Gasteiger partial charge in [0.2, 0.25) is 6.29 Å². The van der Waals surface area contributed by atoms with Crippen LogP contribution in [0.5, 0.6) is 0 Å². The van der Waals surface area contributed by atoms with E-state index in [4.69, 9.17) is 5.11 Å². The first-order valence-corrected chi connectivity index (χ1v) is 3.61. The molecular weight excluding hydrogens is 132 g/mol. The van der Waals surface area contributed by atoms with E-state index in [-0.39, 0.29) is 11.9 Å². The number of aliphatic hydroxyl groups excluding tert-OH is 1. The molecule has 1 aliphatic rings. The molecule has 10 heavy (non-hydrogen) atoms. The van der Waals surface area contributed by atoms with E-state index in [0.29, 0.717) is 6.42 Å². The van der Waals surface area contributed by atoms with Crippen molar-refractivity contribution < 1.29 is 14.6 Å². The predicted molar refractivity (Wildman–Crippen MR) is 35.1 cm³/mol. The molecule has 1 saturated heterocycles. The van der Waals surface area contributed by atoms with Crippen molar-refractivity contribution in [3.05, 3.63) is 0 Å². The molecule has 0 aromatic heterocycles. The molecule has 0 bridgehead atoms. The number of hydrogen-bond donors (Lipinski definition) is 1. The van der Waals surface area contributed by atoms with Gasteiger partial charge in [0.15, 0.2) is 0 Å². The van der Waals surface area contributed by atoms with Gasteiger partial charge in [-0.2, -0.15) is 0 Å². The average Bonchev–Trinajstić information content (AvgIpc) is 1.88. The van der Waals surface area contributed by atoms with Crippen LogP contribution >= 0.6 is 0 Å². The summed E-state index contributed by atoms with van der Waals surface area (Å²) < 4.78 is 4.61. The summed E-state index contributed by atoms with van der Waals surface area (Å²) in [6, 6.07) is 0. The Bertz CT molecular complexity index is 133. The lowest BCUT2D eigenvalue weighted by Gasteiger charge is -2.25. The van der Waals surface area contributed by atoms with E-state index in [1.807, 2.05) is 6.92 Å². The zero-order chi connectivity index (χ0) is 7.56. The molecule has 0 radical (unpaired) electrons. The average molecular weight is 144 g/mol. The third-order valence-corrected chi connectivity index (χ3v) is 1.90. The fourth-order valence-electron chi connectivity index (χ4n) is 1.14. The van der Waals surface area contributed by atoms with Crippen LogP contribution in [-0.4, -0.2) is 17.4 Å². The Morgan fingerprint density at radius 1 is 1.80 bits per heavy atom. The Balaban J connectivity index is 2.43. The van der Waals surface area contributed by atoms with E-state index in [0.717, 1.165) is 12.8 Å². The molecule has 0 aliphatic carbocycles. The number of cyclic esters (lactones) is 1. The molecule has 0 saturated carbocycles. The lowest BCUT2D eigenvalue weighted by molar-refractivity contribution is -0.188. The summed E-state index contributed by atoms with van der Waals surface area (Å²) in [5.41, 5.74) is 0. The van der Waals surface area contributed by atoms with Crippen LogP contribution in [0, 0.1) is 5.92 Å². The number of rotatable bonds is 1. The molecule has 58 valence electrons. The molecule has 2 unspecified atom stereocenters. The first-order chi connectivity index (χ1) is 4.74. The Hall–Kier alpha value is -0.570. The third-order valence-electron chi connectivity index (χ3n) is 1.90. The van der Waals surface area contributed by atoms with Gasteiger partial charge in [0.25, 0.3) is 0 Å². The number of hydrogen-bond acceptors (Lipinski definition) is 3. The fraction of sp³-hybridized carbons (Fsp3) is 0.857. The van der Waals surface area contributed by atoms with Crippen LogP contribution in [0.15, 0.2) is 0 Å². The monoisotopic (exact) mass is 144 g/mol. The standard InChI is InChI=1S/C7H12O3/c1-2-5-3-4-6(8)10-7(5)9/h5,7,9H,2-4H2,1H3. The van der Waals surface area contributed by atoms with Crippen molar-refractivity contribution in [3.8, 4) is 0 Å². The first-order valence-electron chi connectivity index (χ1n) is 3.61. The summed E-state index contributed by atoms with van der Waals surface area (Å²) in [7, 11) is 0. The molecule has 1 aliphatic heterocycles. The van der Waals surface area contributed by atoms with E-state index in [1.165, 1.54) is 0 Å². The second-order valence-electron chi connectivity index (χ2n) is 2.59. The zero-order valence-corrected chi connectivity index (χ0v) is 6.04. The maximum Gasteiger partial charge on any atom is 0.308 e. The Morgan fingerprint density at radius 3 is 3.00 bits per heavy atom. The van der Waals surface area contributed by atoms with Crippen molar-refractivity contribution in [1.29, 1.82) is 0 Å². The number of carbonyl (C=O) groups is 1. The Labute approximate surface area is 60.0 Å². The van der Waals surface area contributed by atoms with E-state index in [9.17, 15) is 4.79 Å². The highest BCUT2D eigenvalue weighted by molar-refractivity contribution is 5.70. The maximum atomic E-state index is 10.6. The zero-order valence-electron chi connectivity index (χ0n) is 6.04. The summed E-state index contributed by atoms with van der Waals surface area (Å²) in [5.74, 6) is -0.130. The SMILES string of the molecule is CCC1CCC(=O)OC1O. The highest BCUT2D eigenvalue weighted by Gasteiger charge is 2.26. The molecule has 2 atom stereocenters. The minimum atomic E-state index is -0.855. The molecule has 0 aromatic rings. The van der Waals surface area contributed by atoms with E-state index >= 15 is 0 Å². The molecule has 1 fully saturated rings. The molecule has 1 heterocycles. The van der Waals surface area contributed by atoms with E-state index in [2.05, 4.69) is 4.74 Å². The highest BCUT2D eigenvalue weighted by Crippen LogP contribution is 2.22. The molecule has 1 N–H and O–H groups in total. The van der Waals surface area contributed by atoms with Gasteiger partial charge in [-0.25, -0.2) is 0 Å². The largest absolute Gasteiger partial charge is 0.436 e. The molecule has 3 heteroatoms. The molecular formula is C7H12O3. The first kappa shape index (κ1) is 7.54. The van der Waals surface area contributed by atoms with Crippen LogP contribution in [0.25, 0.3) is 0 Å². The van der Waals surface area contributed by atoms with Crippen LogP contribution in [-0.2, 0) is 9.53 Å². The van der Waals surface area contributed by atoms with Gasteiger partial charge in [0, 0.05) is 12.3 Å². The quantitative estimate of drug-likeness (QED) is 0.550. The second-order valence-corrected chi connectivity index (χ2v) is 2.59.